The van der Waals surface area contributed by atoms with Gasteiger partial charge in [0, 0.05) is 44.0 Å². The van der Waals surface area contributed by atoms with Gasteiger partial charge in [0.1, 0.15) is 28.8 Å². The number of aliphatic imine (C=N–C) groups is 1. The van der Waals surface area contributed by atoms with Gasteiger partial charge < -0.3 is 45.4 Å². The second kappa shape index (κ2) is 20.6. The Labute approximate surface area is 355 Å². The van der Waals surface area contributed by atoms with E-state index in [1.165, 1.54) is 14.2 Å². The van der Waals surface area contributed by atoms with Crippen molar-refractivity contribution in [2.24, 2.45) is 22.6 Å². The molecular formula is C42H57ClN8O7S. The number of carbonyl (C=O) groups is 4. The Morgan fingerprint density at radius 1 is 0.864 bits per heavy atom. The van der Waals surface area contributed by atoms with E-state index in [-0.39, 0.29) is 47.6 Å². The van der Waals surface area contributed by atoms with Gasteiger partial charge in [-0.15, -0.1) is 0 Å². The van der Waals surface area contributed by atoms with Crippen molar-refractivity contribution in [2.75, 3.05) is 53.8 Å². The molecular weight excluding hydrogens is 796 g/mol. The Morgan fingerprint density at radius 3 is 1.92 bits per heavy atom. The lowest BCUT2D eigenvalue weighted by Crippen LogP contribution is -2.53. The second-order valence-electron chi connectivity index (χ2n) is 15.5. The molecule has 0 radical (unpaired) electrons. The topological polar surface area (TPSA) is 194 Å². The molecule has 2 fully saturated rings. The van der Waals surface area contributed by atoms with Crippen LogP contribution in [0.15, 0.2) is 53.5 Å². The fourth-order valence-corrected chi connectivity index (χ4v) is 8.57. The lowest BCUT2D eigenvalue weighted by atomic mass is 10.0. The number of nitrogens with one attached hydrogen (secondary N) is 3. The summed E-state index contributed by atoms with van der Waals surface area (Å²) in [6.07, 6.45) is 1.81. The number of rotatable bonds is 15. The first-order valence-electron chi connectivity index (χ1n) is 19.8. The summed E-state index contributed by atoms with van der Waals surface area (Å²) < 4.78 is 15.2. The number of aromatic amines is 1. The molecule has 3 aromatic rings. The summed E-state index contributed by atoms with van der Waals surface area (Å²) in [6.45, 7) is 9.06. The Balaban J connectivity index is 1.29. The number of likely N-dealkylation sites (tertiary alicyclic amines) is 2. The third kappa shape index (κ3) is 10.8. The van der Waals surface area contributed by atoms with Crippen LogP contribution in [0, 0.1) is 11.8 Å². The highest BCUT2D eigenvalue weighted by Gasteiger charge is 2.42. The van der Waals surface area contributed by atoms with Gasteiger partial charge in [-0.25, -0.2) is 14.6 Å². The quantitative estimate of drug-likeness (QED) is 0.141. The van der Waals surface area contributed by atoms with Gasteiger partial charge in [0.05, 0.1) is 44.7 Å². The SMILES string of the molecule is COC(=O)NC(C(=O)N1CC(SC)CC1CN=C(CN)c1ccc(-c2ccc(-c3nc(C4CC(OC)CN4C(=O)C(NC(=O)OC)C(C)C)[nH]c3Cl)cc2)cc1)C(C)C. The number of nitrogens with zero attached hydrogens (tertiary/aromatic N) is 4. The smallest absolute Gasteiger partial charge is 0.407 e. The minimum Gasteiger partial charge on any atom is -0.453 e. The summed E-state index contributed by atoms with van der Waals surface area (Å²) in [6, 6.07) is 13.9. The number of aromatic nitrogens is 2. The van der Waals surface area contributed by atoms with E-state index in [1.807, 2.05) is 87.4 Å². The van der Waals surface area contributed by atoms with Crippen molar-refractivity contribution in [3.8, 4) is 22.4 Å². The van der Waals surface area contributed by atoms with E-state index in [0.29, 0.717) is 42.7 Å². The molecule has 5 rings (SSSR count). The Kier molecular flexibility index (Phi) is 15.8. The molecule has 15 nitrogen and oxygen atoms in total. The molecule has 5 N–H and O–H groups in total. The summed E-state index contributed by atoms with van der Waals surface area (Å²) in [5.41, 5.74) is 11.2. The maximum Gasteiger partial charge on any atom is 0.407 e. The molecule has 17 heteroatoms. The zero-order valence-corrected chi connectivity index (χ0v) is 36.6. The number of ether oxygens (including phenoxy) is 3. The van der Waals surface area contributed by atoms with E-state index in [2.05, 4.69) is 15.6 Å². The van der Waals surface area contributed by atoms with Crippen LogP contribution in [0.25, 0.3) is 22.4 Å². The molecule has 2 aromatic carbocycles. The number of benzene rings is 2. The number of hydrogen-bond donors (Lipinski definition) is 4. The van der Waals surface area contributed by atoms with E-state index in [0.717, 1.165) is 34.4 Å². The highest BCUT2D eigenvalue weighted by molar-refractivity contribution is 7.99. The lowest BCUT2D eigenvalue weighted by Gasteiger charge is -2.30. The normalized spacial score (nSPS) is 20.5. The number of amides is 4. The number of carbonyl (C=O) groups excluding carboxylic acids is 4. The number of nitrogens with two attached hydrogens (primary N) is 1. The number of imidazole rings is 1. The first kappa shape index (κ1) is 45.4. The second-order valence-corrected chi connectivity index (χ2v) is 17.0. The summed E-state index contributed by atoms with van der Waals surface area (Å²) >= 11 is 8.46. The van der Waals surface area contributed by atoms with Gasteiger partial charge in [0.2, 0.25) is 11.8 Å². The fraction of sp³-hybridized carbons (Fsp3) is 0.524. The van der Waals surface area contributed by atoms with Gasteiger partial charge in [-0.3, -0.25) is 14.6 Å². The largest absolute Gasteiger partial charge is 0.453 e. The standard InChI is InChI=1S/C42H57ClN8O7S/c1-23(2)34(47-41(54)57-6)39(52)50-22-31(59-8)17-29(50)20-45-32(19-44)27-13-9-25(10-14-27)26-11-15-28(16-12-26)36-37(43)49-38(46-36)33-18-30(56-5)21-51(33)40(53)35(24(3)4)48-42(55)58-7/h9-16,23-24,29-31,33-35H,17-22,44H2,1-8H3,(H,46,49)(H,47,54)(H,48,55). The monoisotopic (exact) mass is 852 g/mol. The predicted octanol–water partition coefficient (Wildman–Crippen LogP) is 5.53. The Bertz CT molecular complexity index is 1960. The van der Waals surface area contributed by atoms with Crippen LogP contribution in [0.3, 0.4) is 0 Å². The lowest BCUT2D eigenvalue weighted by molar-refractivity contribution is -0.136. The van der Waals surface area contributed by atoms with Crippen LogP contribution >= 0.6 is 23.4 Å². The Morgan fingerprint density at radius 2 is 1.41 bits per heavy atom. The highest BCUT2D eigenvalue weighted by Crippen LogP contribution is 2.37. The van der Waals surface area contributed by atoms with Crippen molar-refractivity contribution >= 4 is 53.1 Å². The van der Waals surface area contributed by atoms with Crippen LogP contribution in [0.1, 0.15) is 58.0 Å². The minimum absolute atomic E-state index is 0.122. The first-order chi connectivity index (χ1) is 28.2. The zero-order valence-electron chi connectivity index (χ0n) is 35.0. The number of alkyl carbamates (subject to hydrolysis) is 2. The zero-order chi connectivity index (χ0) is 43.0. The molecule has 3 heterocycles. The molecule has 320 valence electrons. The van der Waals surface area contributed by atoms with Crippen LogP contribution in [0.4, 0.5) is 9.59 Å². The number of methoxy groups -OCH3 is 3. The summed E-state index contributed by atoms with van der Waals surface area (Å²) in [5, 5.41) is 5.99. The minimum atomic E-state index is -0.795. The molecule has 4 amide bonds. The van der Waals surface area contributed by atoms with Crippen molar-refractivity contribution in [3.05, 3.63) is 65.1 Å². The number of thioether (sulfide) groups is 1. The third-order valence-corrected chi connectivity index (χ3v) is 12.3. The van der Waals surface area contributed by atoms with Crippen LogP contribution < -0.4 is 16.4 Å². The van der Waals surface area contributed by atoms with Crippen molar-refractivity contribution in [1.82, 2.24) is 30.4 Å². The fourth-order valence-electron chi connectivity index (χ4n) is 7.60. The third-order valence-electron chi connectivity index (χ3n) is 11.0. The number of H-pyrrole nitrogens is 1. The molecule has 6 unspecified atom stereocenters. The molecule has 59 heavy (non-hydrogen) atoms. The number of halogens is 1. The van der Waals surface area contributed by atoms with Gasteiger partial charge in [-0.05, 0) is 41.2 Å². The van der Waals surface area contributed by atoms with Gasteiger partial charge in [-0.2, -0.15) is 11.8 Å². The van der Waals surface area contributed by atoms with E-state index in [9.17, 15) is 19.2 Å². The van der Waals surface area contributed by atoms with Crippen LogP contribution in [-0.4, -0.2) is 133 Å². The molecule has 0 saturated carbocycles. The van der Waals surface area contributed by atoms with E-state index in [1.54, 1.807) is 23.8 Å². The van der Waals surface area contributed by atoms with Gasteiger partial charge in [0.15, 0.2) is 0 Å². The van der Waals surface area contributed by atoms with Crippen LogP contribution in [-0.2, 0) is 23.8 Å². The van der Waals surface area contributed by atoms with Crippen molar-refractivity contribution in [2.45, 2.75) is 76.1 Å². The van der Waals surface area contributed by atoms with Crippen molar-refractivity contribution in [1.29, 1.82) is 0 Å². The predicted molar refractivity (Wildman–Crippen MR) is 231 cm³/mol. The molecule has 2 aliphatic rings. The summed E-state index contributed by atoms with van der Waals surface area (Å²) in [5.74, 6) is -0.175. The average molecular weight is 853 g/mol. The van der Waals surface area contributed by atoms with Gasteiger partial charge in [0.25, 0.3) is 0 Å². The number of hydrogen-bond acceptors (Lipinski definition) is 11. The van der Waals surface area contributed by atoms with E-state index >= 15 is 0 Å². The maximum absolute atomic E-state index is 13.8. The van der Waals surface area contributed by atoms with Crippen molar-refractivity contribution < 1.29 is 33.4 Å². The molecule has 2 aliphatic heterocycles. The molecule has 0 bridgehead atoms. The maximum atomic E-state index is 13.8. The first-order valence-corrected chi connectivity index (χ1v) is 21.4. The molecule has 1 aromatic heterocycles. The summed E-state index contributed by atoms with van der Waals surface area (Å²) in [4.78, 5) is 68.1. The molecule has 0 spiro atoms. The van der Waals surface area contributed by atoms with Gasteiger partial charge >= 0.3 is 12.2 Å². The molecule has 0 aliphatic carbocycles. The van der Waals surface area contributed by atoms with Crippen LogP contribution in [0.5, 0.6) is 0 Å². The van der Waals surface area contributed by atoms with E-state index in [4.69, 9.17) is 41.5 Å². The molecule has 2 saturated heterocycles. The summed E-state index contributed by atoms with van der Waals surface area (Å²) in [7, 11) is 4.16. The van der Waals surface area contributed by atoms with E-state index < -0.39 is 30.3 Å². The van der Waals surface area contributed by atoms with Crippen LogP contribution in [0.2, 0.25) is 5.15 Å². The van der Waals surface area contributed by atoms with Gasteiger partial charge in [-0.1, -0.05) is 87.8 Å². The molecule has 6 atom stereocenters. The van der Waals surface area contributed by atoms with Crippen molar-refractivity contribution in [3.63, 3.8) is 0 Å². The Hall–Kier alpha value is -4.64. The highest BCUT2D eigenvalue weighted by atomic mass is 35.5. The average Bonchev–Trinajstić information content (AvgIpc) is 3.98.